The SMILES string of the molecule is O=C(CSc1nc2ccccc2o1)Nc1cc(=O)[nH]c(=O)n1Cc1ccccc1. The summed E-state index contributed by atoms with van der Waals surface area (Å²) in [4.78, 5) is 42.9. The maximum absolute atomic E-state index is 12.4. The maximum atomic E-state index is 12.4. The smallest absolute Gasteiger partial charge is 0.330 e. The van der Waals surface area contributed by atoms with Gasteiger partial charge >= 0.3 is 5.69 Å². The van der Waals surface area contributed by atoms with Gasteiger partial charge in [0.1, 0.15) is 11.3 Å². The van der Waals surface area contributed by atoms with E-state index in [4.69, 9.17) is 4.42 Å². The third kappa shape index (κ3) is 4.46. The van der Waals surface area contributed by atoms with E-state index in [0.29, 0.717) is 16.3 Å². The van der Waals surface area contributed by atoms with Crippen molar-refractivity contribution in [3.63, 3.8) is 0 Å². The van der Waals surface area contributed by atoms with E-state index >= 15 is 0 Å². The molecule has 9 heteroatoms. The lowest BCUT2D eigenvalue weighted by Crippen LogP contribution is -2.33. The number of hydrogen-bond acceptors (Lipinski definition) is 6. The van der Waals surface area contributed by atoms with Gasteiger partial charge in [0.25, 0.3) is 10.8 Å². The molecule has 0 atom stereocenters. The van der Waals surface area contributed by atoms with Crippen LogP contribution in [0.2, 0.25) is 0 Å². The Kier molecular flexibility index (Phi) is 5.30. The van der Waals surface area contributed by atoms with Gasteiger partial charge in [-0.1, -0.05) is 54.2 Å². The second kappa shape index (κ2) is 8.19. The number of amides is 1. The van der Waals surface area contributed by atoms with Gasteiger partial charge in [-0.15, -0.1) is 0 Å². The molecule has 29 heavy (non-hydrogen) atoms. The number of rotatable bonds is 6. The fourth-order valence-electron chi connectivity index (χ4n) is 2.77. The topological polar surface area (TPSA) is 110 Å². The molecule has 8 nitrogen and oxygen atoms in total. The quantitative estimate of drug-likeness (QED) is 0.474. The van der Waals surface area contributed by atoms with Gasteiger partial charge in [0.05, 0.1) is 12.3 Å². The predicted octanol–water partition coefficient (Wildman–Crippen LogP) is 2.46. The van der Waals surface area contributed by atoms with Crippen LogP contribution in [0.3, 0.4) is 0 Å². The van der Waals surface area contributed by atoms with Crippen molar-refractivity contribution in [3.05, 3.63) is 87.1 Å². The monoisotopic (exact) mass is 408 g/mol. The number of nitrogens with zero attached hydrogens (tertiary/aromatic N) is 2. The second-order valence-electron chi connectivity index (χ2n) is 6.18. The number of aromatic amines is 1. The van der Waals surface area contributed by atoms with Crippen LogP contribution in [0.1, 0.15) is 5.56 Å². The van der Waals surface area contributed by atoms with Crippen LogP contribution in [0.4, 0.5) is 5.82 Å². The molecule has 0 bridgehead atoms. The molecule has 0 fully saturated rings. The van der Waals surface area contributed by atoms with Crippen LogP contribution in [-0.4, -0.2) is 26.2 Å². The van der Waals surface area contributed by atoms with E-state index in [2.05, 4.69) is 15.3 Å². The summed E-state index contributed by atoms with van der Waals surface area (Å²) >= 11 is 1.13. The van der Waals surface area contributed by atoms with Crippen molar-refractivity contribution < 1.29 is 9.21 Å². The zero-order valence-corrected chi connectivity index (χ0v) is 15.9. The first-order chi connectivity index (χ1) is 14.1. The molecular weight excluding hydrogens is 392 g/mol. The lowest BCUT2D eigenvalue weighted by molar-refractivity contribution is -0.113. The average Bonchev–Trinajstić information content (AvgIpc) is 3.13. The van der Waals surface area contributed by atoms with E-state index in [1.54, 1.807) is 6.07 Å². The highest BCUT2D eigenvalue weighted by Crippen LogP contribution is 2.23. The third-order valence-electron chi connectivity index (χ3n) is 4.09. The first kappa shape index (κ1) is 18.8. The molecule has 0 radical (unpaired) electrons. The molecular formula is C20H16N4O4S. The minimum absolute atomic E-state index is 0.0130. The Balaban J connectivity index is 1.49. The summed E-state index contributed by atoms with van der Waals surface area (Å²) in [5.41, 5.74) is 1.03. The summed E-state index contributed by atoms with van der Waals surface area (Å²) in [5, 5.41) is 3.00. The summed E-state index contributed by atoms with van der Waals surface area (Å²) in [5.74, 6) is -0.242. The Hall–Kier alpha value is -3.59. The summed E-state index contributed by atoms with van der Waals surface area (Å²) in [6.45, 7) is 0.213. The molecule has 0 saturated heterocycles. The summed E-state index contributed by atoms with van der Waals surface area (Å²) in [6.07, 6.45) is 0. The number of hydrogen-bond donors (Lipinski definition) is 2. The van der Waals surface area contributed by atoms with Crippen molar-refractivity contribution in [2.75, 3.05) is 11.1 Å². The molecule has 4 rings (SSSR count). The van der Waals surface area contributed by atoms with Crippen LogP contribution in [0.5, 0.6) is 0 Å². The number of benzene rings is 2. The highest BCUT2D eigenvalue weighted by molar-refractivity contribution is 7.99. The average molecular weight is 408 g/mol. The van der Waals surface area contributed by atoms with Crippen LogP contribution in [0.15, 0.2) is 79.9 Å². The van der Waals surface area contributed by atoms with Gasteiger partial charge in [0.2, 0.25) is 5.91 Å². The van der Waals surface area contributed by atoms with Crippen LogP contribution in [0.25, 0.3) is 11.1 Å². The zero-order valence-electron chi connectivity index (χ0n) is 15.1. The van der Waals surface area contributed by atoms with Crippen LogP contribution < -0.4 is 16.6 Å². The number of anilines is 1. The molecule has 0 spiro atoms. The molecule has 0 aliphatic carbocycles. The van der Waals surface area contributed by atoms with Crippen molar-refractivity contribution in [2.45, 2.75) is 11.8 Å². The minimum atomic E-state index is -0.594. The van der Waals surface area contributed by atoms with E-state index in [9.17, 15) is 14.4 Å². The third-order valence-corrected chi connectivity index (χ3v) is 4.91. The number of H-pyrrole nitrogens is 1. The number of oxazole rings is 1. The Morgan fingerprint density at radius 2 is 1.86 bits per heavy atom. The molecule has 0 saturated carbocycles. The van der Waals surface area contributed by atoms with Crippen molar-refractivity contribution in [1.82, 2.24) is 14.5 Å². The number of nitrogens with one attached hydrogen (secondary N) is 2. The lowest BCUT2D eigenvalue weighted by atomic mass is 10.2. The Morgan fingerprint density at radius 3 is 2.66 bits per heavy atom. The van der Waals surface area contributed by atoms with E-state index < -0.39 is 11.2 Å². The van der Waals surface area contributed by atoms with Gasteiger partial charge in [0.15, 0.2) is 5.58 Å². The van der Waals surface area contributed by atoms with Gasteiger partial charge in [0, 0.05) is 6.07 Å². The molecule has 4 aromatic rings. The normalized spacial score (nSPS) is 10.9. The molecule has 2 heterocycles. The van der Waals surface area contributed by atoms with Crippen LogP contribution in [-0.2, 0) is 11.3 Å². The first-order valence-electron chi connectivity index (χ1n) is 8.75. The number of aromatic nitrogens is 3. The van der Waals surface area contributed by atoms with E-state index in [0.717, 1.165) is 17.3 Å². The molecule has 2 aromatic carbocycles. The highest BCUT2D eigenvalue weighted by Gasteiger charge is 2.13. The van der Waals surface area contributed by atoms with E-state index in [-0.39, 0.29) is 24.0 Å². The summed E-state index contributed by atoms with van der Waals surface area (Å²) in [6, 6.07) is 17.8. The van der Waals surface area contributed by atoms with Gasteiger partial charge in [-0.25, -0.2) is 9.78 Å². The predicted molar refractivity (Wildman–Crippen MR) is 110 cm³/mol. The Morgan fingerprint density at radius 1 is 1.10 bits per heavy atom. The Bertz CT molecular complexity index is 1240. The molecule has 146 valence electrons. The molecule has 2 N–H and O–H groups in total. The van der Waals surface area contributed by atoms with E-state index in [1.807, 2.05) is 48.5 Å². The van der Waals surface area contributed by atoms with Crippen molar-refractivity contribution >= 4 is 34.6 Å². The van der Waals surface area contributed by atoms with E-state index in [1.165, 1.54) is 10.6 Å². The number of fused-ring (bicyclic) bond motifs is 1. The molecule has 0 aliphatic rings. The number of thioether (sulfide) groups is 1. The Labute approximate surface area is 168 Å². The highest BCUT2D eigenvalue weighted by atomic mass is 32.2. The maximum Gasteiger partial charge on any atom is 0.330 e. The number of para-hydroxylation sites is 2. The molecule has 2 aromatic heterocycles. The van der Waals surface area contributed by atoms with Gasteiger partial charge < -0.3 is 9.73 Å². The number of carbonyl (C=O) groups excluding carboxylic acids is 1. The fourth-order valence-corrected chi connectivity index (χ4v) is 3.40. The largest absolute Gasteiger partial charge is 0.431 e. The van der Waals surface area contributed by atoms with Crippen molar-refractivity contribution in [3.8, 4) is 0 Å². The van der Waals surface area contributed by atoms with Crippen molar-refractivity contribution in [2.24, 2.45) is 0 Å². The van der Waals surface area contributed by atoms with Crippen LogP contribution in [0, 0.1) is 0 Å². The summed E-state index contributed by atoms with van der Waals surface area (Å²) in [7, 11) is 0. The molecule has 1 amide bonds. The number of carbonyl (C=O) groups is 1. The van der Waals surface area contributed by atoms with Gasteiger partial charge in [-0.2, -0.15) is 0 Å². The standard InChI is InChI=1S/C20H16N4O4S/c25-17-10-16(24(19(27)23-17)11-13-6-2-1-3-7-13)22-18(26)12-29-20-21-14-8-4-5-9-15(14)28-20/h1-10H,11-12H2,(H,22,26)(H,23,25,27). The fraction of sp³-hybridized carbons (Fsp3) is 0.100. The van der Waals surface area contributed by atoms with Gasteiger partial charge in [-0.3, -0.25) is 19.1 Å². The lowest BCUT2D eigenvalue weighted by Gasteiger charge is -2.12. The van der Waals surface area contributed by atoms with Crippen LogP contribution >= 0.6 is 11.8 Å². The first-order valence-corrected chi connectivity index (χ1v) is 9.73. The molecule has 0 unspecified atom stereocenters. The van der Waals surface area contributed by atoms with Gasteiger partial charge in [-0.05, 0) is 17.7 Å². The second-order valence-corrected chi connectivity index (χ2v) is 7.11. The minimum Gasteiger partial charge on any atom is -0.431 e. The molecule has 0 aliphatic heterocycles. The summed E-state index contributed by atoms with van der Waals surface area (Å²) < 4.78 is 6.88. The van der Waals surface area contributed by atoms with Crippen molar-refractivity contribution in [1.29, 1.82) is 0 Å². The zero-order chi connectivity index (χ0) is 20.2.